The fourth-order valence-corrected chi connectivity index (χ4v) is 4.36. The average molecular weight is 519 g/mol. The lowest BCUT2D eigenvalue weighted by atomic mass is 10.1. The summed E-state index contributed by atoms with van der Waals surface area (Å²) in [5, 5.41) is 10.3. The Bertz CT molecular complexity index is 1330. The molecule has 38 heavy (non-hydrogen) atoms. The van der Waals surface area contributed by atoms with Crippen molar-refractivity contribution < 1.29 is 19.1 Å². The Kier molecular flexibility index (Phi) is 7.70. The van der Waals surface area contributed by atoms with Crippen molar-refractivity contribution in [2.45, 2.75) is 52.2 Å². The minimum atomic E-state index is -0.592. The SMILES string of the molecule is Cc1cccc(NC(=O)Nc2ccc(-c3nn([C@@H]4CCCN(C(=O)OC(C)(C)C)C4)cc3C(N)=O)cc2)c1. The van der Waals surface area contributed by atoms with Crippen LogP contribution in [0.4, 0.5) is 21.0 Å². The molecule has 0 spiro atoms. The smallest absolute Gasteiger partial charge is 0.410 e. The van der Waals surface area contributed by atoms with Gasteiger partial charge in [-0.2, -0.15) is 5.10 Å². The third kappa shape index (κ3) is 6.70. The van der Waals surface area contributed by atoms with Crippen LogP contribution < -0.4 is 16.4 Å². The van der Waals surface area contributed by atoms with Crippen molar-refractivity contribution in [3.8, 4) is 11.3 Å². The number of piperidine rings is 1. The maximum atomic E-state index is 12.6. The van der Waals surface area contributed by atoms with Gasteiger partial charge >= 0.3 is 12.1 Å². The third-order valence-corrected chi connectivity index (χ3v) is 6.11. The van der Waals surface area contributed by atoms with Crippen molar-refractivity contribution in [1.82, 2.24) is 14.7 Å². The number of carbonyl (C=O) groups excluding carboxylic acids is 3. The molecule has 0 bridgehead atoms. The summed E-state index contributed by atoms with van der Waals surface area (Å²) in [6.45, 7) is 8.49. The largest absolute Gasteiger partial charge is 0.444 e. The van der Waals surface area contributed by atoms with Crippen LogP contribution in [0, 0.1) is 6.92 Å². The van der Waals surface area contributed by atoms with Crippen molar-refractivity contribution in [2.24, 2.45) is 5.73 Å². The highest BCUT2D eigenvalue weighted by Crippen LogP contribution is 2.28. The summed E-state index contributed by atoms with van der Waals surface area (Å²) in [7, 11) is 0. The predicted molar refractivity (Wildman–Crippen MR) is 146 cm³/mol. The quantitative estimate of drug-likeness (QED) is 0.429. The van der Waals surface area contributed by atoms with Crippen LogP contribution in [0.25, 0.3) is 11.3 Å². The number of hydrogen-bond donors (Lipinski definition) is 3. The molecule has 4 rings (SSSR count). The molecule has 2 heterocycles. The molecule has 4 amide bonds. The number of urea groups is 1. The number of nitrogens with one attached hydrogen (secondary N) is 2. The van der Waals surface area contributed by atoms with Crippen LogP contribution >= 0.6 is 0 Å². The number of carbonyl (C=O) groups is 3. The van der Waals surface area contributed by atoms with E-state index in [1.807, 2.05) is 52.0 Å². The fraction of sp³-hybridized carbons (Fsp3) is 0.357. The predicted octanol–water partition coefficient (Wildman–Crippen LogP) is 5.17. The number of ether oxygens (including phenoxy) is 1. The Balaban J connectivity index is 1.47. The molecule has 0 saturated carbocycles. The molecule has 1 aromatic heterocycles. The number of primary amides is 1. The second kappa shape index (κ2) is 11.0. The highest BCUT2D eigenvalue weighted by molar-refractivity contribution is 6.00. The van der Waals surface area contributed by atoms with Gasteiger partial charge in [-0.15, -0.1) is 0 Å². The van der Waals surface area contributed by atoms with E-state index in [1.54, 1.807) is 40.0 Å². The Morgan fingerprint density at radius 2 is 1.76 bits per heavy atom. The minimum Gasteiger partial charge on any atom is -0.444 e. The van der Waals surface area contributed by atoms with Crippen LogP contribution in [0.2, 0.25) is 0 Å². The molecule has 1 aliphatic heterocycles. The number of nitrogens with zero attached hydrogens (tertiary/aromatic N) is 3. The van der Waals surface area contributed by atoms with Gasteiger partial charge in [0.25, 0.3) is 5.91 Å². The lowest BCUT2D eigenvalue weighted by Crippen LogP contribution is -2.43. The number of nitrogens with two attached hydrogens (primary N) is 1. The zero-order valence-corrected chi connectivity index (χ0v) is 22.2. The van der Waals surface area contributed by atoms with Gasteiger partial charge in [-0.25, -0.2) is 9.59 Å². The molecule has 0 unspecified atom stereocenters. The van der Waals surface area contributed by atoms with Crippen molar-refractivity contribution in [1.29, 1.82) is 0 Å². The van der Waals surface area contributed by atoms with Crippen LogP contribution in [-0.2, 0) is 4.74 Å². The highest BCUT2D eigenvalue weighted by Gasteiger charge is 2.30. The van der Waals surface area contributed by atoms with Gasteiger partial charge in [0, 0.05) is 36.2 Å². The van der Waals surface area contributed by atoms with E-state index >= 15 is 0 Å². The molecule has 2 aromatic carbocycles. The zero-order chi connectivity index (χ0) is 27.4. The number of hydrogen-bond acceptors (Lipinski definition) is 5. The molecular formula is C28H34N6O4. The number of likely N-dealkylation sites (tertiary alicyclic amines) is 1. The van der Waals surface area contributed by atoms with Gasteiger partial charge in [-0.1, -0.05) is 24.3 Å². The summed E-state index contributed by atoms with van der Waals surface area (Å²) < 4.78 is 7.24. The van der Waals surface area contributed by atoms with E-state index in [2.05, 4.69) is 15.7 Å². The Hall–Kier alpha value is -4.34. The lowest BCUT2D eigenvalue weighted by Gasteiger charge is -2.34. The summed E-state index contributed by atoms with van der Waals surface area (Å²) in [4.78, 5) is 38.9. The zero-order valence-electron chi connectivity index (χ0n) is 22.2. The molecule has 1 aliphatic rings. The topological polar surface area (TPSA) is 132 Å². The van der Waals surface area contributed by atoms with Gasteiger partial charge in [0.2, 0.25) is 0 Å². The van der Waals surface area contributed by atoms with Crippen LogP contribution in [-0.4, -0.2) is 51.4 Å². The van der Waals surface area contributed by atoms with Gasteiger partial charge in [0.15, 0.2) is 0 Å². The third-order valence-electron chi connectivity index (χ3n) is 6.11. The number of aromatic nitrogens is 2. The van der Waals surface area contributed by atoms with E-state index in [9.17, 15) is 14.4 Å². The van der Waals surface area contributed by atoms with Gasteiger partial charge < -0.3 is 26.0 Å². The fourth-order valence-electron chi connectivity index (χ4n) is 4.36. The van der Waals surface area contributed by atoms with Crippen LogP contribution in [0.5, 0.6) is 0 Å². The first-order valence-corrected chi connectivity index (χ1v) is 12.6. The Labute approximate surface area is 222 Å². The normalized spacial score (nSPS) is 15.6. The molecule has 0 radical (unpaired) electrons. The van der Waals surface area contributed by atoms with E-state index in [1.165, 1.54) is 0 Å². The first kappa shape index (κ1) is 26.7. The number of amides is 4. The summed E-state index contributed by atoms with van der Waals surface area (Å²) in [6.07, 6.45) is 2.87. The molecule has 1 saturated heterocycles. The van der Waals surface area contributed by atoms with Gasteiger partial charge in [-0.3, -0.25) is 9.48 Å². The van der Waals surface area contributed by atoms with Crippen LogP contribution in [0.15, 0.2) is 54.7 Å². The minimum absolute atomic E-state index is 0.116. The van der Waals surface area contributed by atoms with E-state index in [-0.39, 0.29) is 23.7 Å². The molecule has 1 fully saturated rings. The Morgan fingerprint density at radius 1 is 1.05 bits per heavy atom. The second-order valence-electron chi connectivity index (χ2n) is 10.5. The molecule has 4 N–H and O–H groups in total. The number of benzene rings is 2. The first-order valence-electron chi connectivity index (χ1n) is 12.6. The van der Waals surface area contributed by atoms with Crippen molar-refractivity contribution in [2.75, 3.05) is 23.7 Å². The van der Waals surface area contributed by atoms with Crippen molar-refractivity contribution >= 4 is 29.4 Å². The van der Waals surface area contributed by atoms with E-state index < -0.39 is 11.5 Å². The molecular weight excluding hydrogens is 484 g/mol. The van der Waals surface area contributed by atoms with E-state index in [0.29, 0.717) is 35.7 Å². The highest BCUT2D eigenvalue weighted by atomic mass is 16.6. The molecule has 200 valence electrons. The second-order valence-corrected chi connectivity index (χ2v) is 10.5. The molecule has 10 nitrogen and oxygen atoms in total. The van der Waals surface area contributed by atoms with Crippen molar-refractivity contribution in [3.05, 3.63) is 65.9 Å². The monoisotopic (exact) mass is 518 g/mol. The lowest BCUT2D eigenvalue weighted by molar-refractivity contribution is 0.0167. The van der Waals surface area contributed by atoms with E-state index in [0.717, 1.165) is 18.4 Å². The number of aryl methyl sites for hydroxylation is 1. The summed E-state index contributed by atoms with van der Waals surface area (Å²) in [6, 6.07) is 14.1. The van der Waals surface area contributed by atoms with Crippen LogP contribution in [0.3, 0.4) is 0 Å². The van der Waals surface area contributed by atoms with Crippen LogP contribution in [0.1, 0.15) is 55.6 Å². The molecule has 0 aliphatic carbocycles. The van der Waals surface area contributed by atoms with Gasteiger partial charge in [-0.05, 0) is 70.4 Å². The summed E-state index contributed by atoms with van der Waals surface area (Å²) in [5.74, 6) is -0.592. The molecule has 3 aromatic rings. The average Bonchev–Trinajstić information content (AvgIpc) is 3.30. The molecule has 1 atom stereocenters. The van der Waals surface area contributed by atoms with Gasteiger partial charge in [0.1, 0.15) is 11.3 Å². The maximum absolute atomic E-state index is 12.6. The Morgan fingerprint density at radius 3 is 2.42 bits per heavy atom. The summed E-state index contributed by atoms with van der Waals surface area (Å²) >= 11 is 0. The summed E-state index contributed by atoms with van der Waals surface area (Å²) in [5.41, 5.74) is 8.84. The standard InChI is InChI=1S/C28H34N6O4/c1-18-7-5-8-21(15-18)31-26(36)30-20-12-10-19(11-13-20)24-23(25(29)35)17-34(32-24)22-9-6-14-33(16-22)27(37)38-28(2,3)4/h5,7-8,10-13,15,17,22H,6,9,14,16H2,1-4H3,(H2,29,35)(H2,30,31,36)/t22-/m1/s1. The van der Waals surface area contributed by atoms with E-state index in [4.69, 9.17) is 10.5 Å². The number of anilines is 2. The van der Waals surface area contributed by atoms with Gasteiger partial charge in [0.05, 0.1) is 11.6 Å². The first-order chi connectivity index (χ1) is 18.0. The molecule has 10 heteroatoms. The van der Waals surface area contributed by atoms with Crippen molar-refractivity contribution in [3.63, 3.8) is 0 Å². The number of rotatable bonds is 5. The maximum Gasteiger partial charge on any atom is 0.410 e.